The molecule has 1 aromatic heterocycles. The molecule has 28 heavy (non-hydrogen) atoms. The molecule has 7 nitrogen and oxygen atoms in total. The van der Waals surface area contributed by atoms with Gasteiger partial charge in [-0.1, -0.05) is 47.6 Å². The van der Waals surface area contributed by atoms with Crippen LogP contribution in [0.3, 0.4) is 0 Å². The van der Waals surface area contributed by atoms with Gasteiger partial charge in [-0.05, 0) is 30.2 Å². The van der Waals surface area contributed by atoms with E-state index in [9.17, 15) is 4.79 Å². The monoisotopic (exact) mass is 376 g/mol. The summed E-state index contributed by atoms with van der Waals surface area (Å²) in [5.41, 5.74) is 6.30. The largest absolute Gasteiger partial charge is 0.337 e. The number of nitrogens with zero attached hydrogens (tertiary/aromatic N) is 3. The summed E-state index contributed by atoms with van der Waals surface area (Å²) >= 11 is 0. The molecule has 0 saturated carbocycles. The quantitative estimate of drug-likeness (QED) is 0.685. The van der Waals surface area contributed by atoms with Crippen LogP contribution >= 0.6 is 0 Å². The topological polar surface area (TPSA) is 80.5 Å². The zero-order valence-corrected chi connectivity index (χ0v) is 15.6. The number of hydrogen-bond donors (Lipinski definition) is 1. The molecular formula is C21H20N4O3. The van der Waals surface area contributed by atoms with Gasteiger partial charge < -0.3 is 9.42 Å². The Bertz CT molecular complexity index is 996. The van der Waals surface area contributed by atoms with Crippen LogP contribution in [0.4, 0.5) is 0 Å². The van der Waals surface area contributed by atoms with Crippen molar-refractivity contribution in [3.8, 4) is 11.1 Å². The number of carbonyl (C=O) groups excluding carboxylic acids is 1. The molecule has 1 N–H and O–H groups in total. The van der Waals surface area contributed by atoms with E-state index in [4.69, 9.17) is 9.36 Å². The van der Waals surface area contributed by atoms with E-state index >= 15 is 0 Å². The van der Waals surface area contributed by atoms with Gasteiger partial charge in [0, 0.05) is 18.2 Å². The second kappa shape index (κ2) is 7.66. The highest BCUT2D eigenvalue weighted by molar-refractivity contribution is 5.96. The summed E-state index contributed by atoms with van der Waals surface area (Å²) in [6, 6.07) is 17.2. The molecule has 142 valence electrons. The molecular weight excluding hydrogens is 356 g/mol. The maximum Gasteiger partial charge on any atom is 0.258 e. The number of aryl methyl sites for hydroxylation is 1. The molecule has 0 aliphatic carbocycles. The van der Waals surface area contributed by atoms with Crippen LogP contribution < -0.4 is 5.48 Å². The van der Waals surface area contributed by atoms with Crippen LogP contribution in [-0.2, 0) is 4.84 Å². The zero-order chi connectivity index (χ0) is 19.5. The second-order valence-electron chi connectivity index (χ2n) is 6.52. The van der Waals surface area contributed by atoms with Crippen LogP contribution in [0.5, 0.6) is 0 Å². The average Bonchev–Trinajstić information content (AvgIpc) is 3.35. The van der Waals surface area contributed by atoms with Gasteiger partial charge in [0.15, 0.2) is 5.82 Å². The molecule has 0 fully saturated rings. The maximum atomic E-state index is 13.2. The van der Waals surface area contributed by atoms with Gasteiger partial charge in [-0.3, -0.25) is 15.1 Å². The molecule has 0 radical (unpaired) electrons. The maximum absolute atomic E-state index is 13.2. The van der Waals surface area contributed by atoms with Crippen molar-refractivity contribution in [3.05, 3.63) is 83.8 Å². The van der Waals surface area contributed by atoms with Crippen molar-refractivity contribution in [2.45, 2.75) is 19.4 Å². The van der Waals surface area contributed by atoms with Gasteiger partial charge in [-0.2, -0.15) is 4.98 Å². The van der Waals surface area contributed by atoms with Crippen LogP contribution in [0.15, 0.2) is 71.0 Å². The molecule has 0 saturated heterocycles. The summed E-state index contributed by atoms with van der Waals surface area (Å²) < 4.78 is 5.31. The first-order chi connectivity index (χ1) is 13.7. The van der Waals surface area contributed by atoms with Gasteiger partial charge >= 0.3 is 0 Å². The SMILES string of the molecule is CONC1=CN(C(=O)c2ccc(-c3ccccc3)cc2)C(c2nc(C)no2)C1. The number of carbonyl (C=O) groups is 1. The summed E-state index contributed by atoms with van der Waals surface area (Å²) in [6.45, 7) is 1.75. The molecule has 1 atom stereocenters. The third kappa shape index (κ3) is 3.52. The van der Waals surface area contributed by atoms with E-state index in [1.807, 2.05) is 54.6 Å². The summed E-state index contributed by atoms with van der Waals surface area (Å²) in [5, 5.41) is 3.85. The average molecular weight is 376 g/mol. The second-order valence-corrected chi connectivity index (χ2v) is 6.52. The third-order valence-electron chi connectivity index (χ3n) is 4.58. The number of aromatic nitrogens is 2. The first kappa shape index (κ1) is 17.9. The van der Waals surface area contributed by atoms with Gasteiger partial charge in [0.1, 0.15) is 6.04 Å². The van der Waals surface area contributed by atoms with E-state index in [2.05, 4.69) is 15.6 Å². The highest BCUT2D eigenvalue weighted by Gasteiger charge is 2.35. The molecule has 1 aliphatic heterocycles. The number of hydroxylamine groups is 1. The van der Waals surface area contributed by atoms with Crippen LogP contribution in [0.2, 0.25) is 0 Å². The van der Waals surface area contributed by atoms with Crippen molar-refractivity contribution in [3.63, 3.8) is 0 Å². The first-order valence-corrected chi connectivity index (χ1v) is 8.94. The first-order valence-electron chi connectivity index (χ1n) is 8.94. The van der Waals surface area contributed by atoms with E-state index in [-0.39, 0.29) is 11.9 Å². The number of hydrogen-bond acceptors (Lipinski definition) is 6. The fourth-order valence-corrected chi connectivity index (χ4v) is 3.26. The molecule has 2 aromatic carbocycles. The molecule has 3 aromatic rings. The van der Waals surface area contributed by atoms with Gasteiger partial charge in [0.05, 0.1) is 12.8 Å². The lowest BCUT2D eigenvalue weighted by Gasteiger charge is -2.20. The van der Waals surface area contributed by atoms with E-state index in [1.165, 1.54) is 7.11 Å². The highest BCUT2D eigenvalue weighted by atomic mass is 16.6. The lowest BCUT2D eigenvalue weighted by atomic mass is 10.0. The molecule has 0 spiro atoms. The third-order valence-corrected chi connectivity index (χ3v) is 4.58. The predicted octanol–water partition coefficient (Wildman–Crippen LogP) is 3.62. The predicted molar refractivity (Wildman–Crippen MR) is 103 cm³/mol. The van der Waals surface area contributed by atoms with Crippen molar-refractivity contribution in [2.24, 2.45) is 0 Å². The van der Waals surface area contributed by atoms with Crippen LogP contribution in [0, 0.1) is 6.92 Å². The summed E-state index contributed by atoms with van der Waals surface area (Å²) in [7, 11) is 1.53. The van der Waals surface area contributed by atoms with Crippen molar-refractivity contribution in [1.29, 1.82) is 0 Å². The molecule has 7 heteroatoms. The van der Waals surface area contributed by atoms with Crippen LogP contribution in [0.25, 0.3) is 11.1 Å². The van der Waals surface area contributed by atoms with E-state index in [1.54, 1.807) is 18.0 Å². The molecule has 1 aliphatic rings. The summed E-state index contributed by atoms with van der Waals surface area (Å²) in [5.74, 6) is 0.784. The van der Waals surface area contributed by atoms with Crippen LogP contribution in [0.1, 0.15) is 34.5 Å². The molecule has 4 rings (SSSR count). The van der Waals surface area contributed by atoms with Gasteiger partial charge in [-0.15, -0.1) is 0 Å². The lowest BCUT2D eigenvalue weighted by Crippen LogP contribution is -2.27. The standard InChI is InChI=1S/C21H20N4O3/c1-14-22-20(28-23-14)19-12-18(24-27-2)13-25(19)21(26)17-10-8-16(9-11-17)15-6-4-3-5-7-15/h3-11,13,19,24H,12H2,1-2H3. The summed E-state index contributed by atoms with van der Waals surface area (Å²) in [4.78, 5) is 24.0. The van der Waals surface area contributed by atoms with Crippen molar-refractivity contribution >= 4 is 5.91 Å². The van der Waals surface area contributed by atoms with Crippen molar-refractivity contribution in [1.82, 2.24) is 20.5 Å². The number of nitrogens with one attached hydrogen (secondary N) is 1. The number of amides is 1. The van der Waals surface area contributed by atoms with Crippen LogP contribution in [-0.4, -0.2) is 28.1 Å². The minimum Gasteiger partial charge on any atom is -0.337 e. The van der Waals surface area contributed by atoms with Crippen molar-refractivity contribution < 1.29 is 14.2 Å². The Morgan fingerprint density at radius 3 is 2.50 bits per heavy atom. The Morgan fingerprint density at radius 2 is 1.86 bits per heavy atom. The van der Waals surface area contributed by atoms with Gasteiger partial charge in [0.25, 0.3) is 5.91 Å². The molecule has 1 unspecified atom stereocenters. The number of benzene rings is 2. The van der Waals surface area contributed by atoms with Gasteiger partial charge in [-0.25, -0.2) is 0 Å². The minimum absolute atomic E-state index is 0.145. The Hall–Kier alpha value is -3.45. The Labute approximate surface area is 162 Å². The highest BCUT2D eigenvalue weighted by Crippen LogP contribution is 2.34. The Kier molecular flexibility index (Phi) is 4.90. The Balaban J connectivity index is 1.60. The number of rotatable bonds is 5. The van der Waals surface area contributed by atoms with E-state index in [0.29, 0.717) is 23.7 Å². The Morgan fingerprint density at radius 1 is 1.14 bits per heavy atom. The summed E-state index contributed by atoms with van der Waals surface area (Å²) in [6.07, 6.45) is 2.23. The fraction of sp³-hybridized carbons (Fsp3) is 0.190. The smallest absolute Gasteiger partial charge is 0.258 e. The van der Waals surface area contributed by atoms with Crippen molar-refractivity contribution in [2.75, 3.05) is 7.11 Å². The molecule has 0 bridgehead atoms. The molecule has 2 heterocycles. The minimum atomic E-state index is -0.375. The van der Waals surface area contributed by atoms with E-state index < -0.39 is 0 Å². The fourth-order valence-electron chi connectivity index (χ4n) is 3.26. The van der Waals surface area contributed by atoms with Gasteiger partial charge in [0.2, 0.25) is 5.89 Å². The van der Waals surface area contributed by atoms with E-state index in [0.717, 1.165) is 16.8 Å². The lowest BCUT2D eigenvalue weighted by molar-refractivity contribution is 0.0760. The normalized spacial score (nSPS) is 16.1. The zero-order valence-electron chi connectivity index (χ0n) is 15.6. The molecule has 1 amide bonds.